The molecule has 2 aromatic heterocycles. The van der Waals surface area contributed by atoms with Crippen molar-refractivity contribution >= 4 is 44.9 Å². The van der Waals surface area contributed by atoms with Gasteiger partial charge in [0.2, 0.25) is 11.1 Å². The summed E-state index contributed by atoms with van der Waals surface area (Å²) in [6.45, 7) is 2.08. The summed E-state index contributed by atoms with van der Waals surface area (Å²) in [7, 11) is 0. The summed E-state index contributed by atoms with van der Waals surface area (Å²) >= 11 is 2.90. The number of aromatic nitrogens is 4. The van der Waals surface area contributed by atoms with Crippen LogP contribution in [0.4, 0.5) is 5.69 Å². The maximum atomic E-state index is 12.4. The zero-order valence-corrected chi connectivity index (χ0v) is 19.4. The van der Waals surface area contributed by atoms with Gasteiger partial charge in [-0.2, -0.15) is 0 Å². The van der Waals surface area contributed by atoms with Gasteiger partial charge in [0.1, 0.15) is 5.01 Å². The molecule has 0 unspecified atom stereocenters. The Bertz CT molecular complexity index is 1430. The number of hydrogen-bond acceptors (Lipinski definition) is 7. The molecular formula is C24H20N6OS2. The third-order valence-electron chi connectivity index (χ3n) is 4.99. The molecule has 3 aromatic carbocycles. The first-order chi connectivity index (χ1) is 16.1. The van der Waals surface area contributed by atoms with Gasteiger partial charge in [-0.05, 0) is 48.9 Å². The van der Waals surface area contributed by atoms with Crippen molar-refractivity contribution in [3.63, 3.8) is 0 Å². The Hall–Kier alpha value is -3.69. The lowest BCUT2D eigenvalue weighted by Gasteiger charge is -2.06. The molecule has 0 spiro atoms. The molecule has 0 radical (unpaired) electrons. The molecule has 0 aliphatic heterocycles. The number of rotatable bonds is 6. The second-order valence-electron chi connectivity index (χ2n) is 7.45. The van der Waals surface area contributed by atoms with E-state index in [1.54, 1.807) is 11.3 Å². The Morgan fingerprint density at radius 1 is 1.03 bits per heavy atom. The van der Waals surface area contributed by atoms with Crippen LogP contribution in [0, 0.1) is 6.92 Å². The van der Waals surface area contributed by atoms with E-state index in [1.165, 1.54) is 26.7 Å². The Morgan fingerprint density at radius 2 is 1.82 bits per heavy atom. The smallest absolute Gasteiger partial charge is 0.234 e. The number of benzene rings is 3. The lowest BCUT2D eigenvalue weighted by atomic mass is 10.2. The van der Waals surface area contributed by atoms with Crippen molar-refractivity contribution in [1.29, 1.82) is 0 Å². The minimum Gasteiger partial charge on any atom is -0.335 e. The first kappa shape index (κ1) is 21.2. The molecule has 0 bridgehead atoms. The van der Waals surface area contributed by atoms with Gasteiger partial charge in [0.05, 0.1) is 16.0 Å². The molecule has 0 fully saturated rings. The van der Waals surface area contributed by atoms with Crippen LogP contribution in [-0.2, 0) is 4.79 Å². The standard InChI is InChI=1S/C24H20N6OS2/c1-15-7-12-19-20(13-15)33-23(27-19)17-8-10-18(11-9-17)26-21(31)14-32-24-29-28-22(30(24)25)16-5-3-2-4-6-16/h2-13H,14,25H2,1H3,(H,26,31). The number of amides is 1. The first-order valence-electron chi connectivity index (χ1n) is 10.2. The molecule has 7 nitrogen and oxygen atoms in total. The fraction of sp³-hybridized carbons (Fsp3) is 0.0833. The van der Waals surface area contributed by atoms with Gasteiger partial charge in [0.15, 0.2) is 5.82 Å². The van der Waals surface area contributed by atoms with Crippen LogP contribution < -0.4 is 11.2 Å². The first-order valence-corrected chi connectivity index (χ1v) is 12.0. The summed E-state index contributed by atoms with van der Waals surface area (Å²) in [5, 5.41) is 12.6. The van der Waals surface area contributed by atoms with Crippen molar-refractivity contribution in [2.45, 2.75) is 12.1 Å². The van der Waals surface area contributed by atoms with Gasteiger partial charge in [-0.15, -0.1) is 21.5 Å². The largest absolute Gasteiger partial charge is 0.335 e. The van der Waals surface area contributed by atoms with Gasteiger partial charge in [-0.25, -0.2) is 9.66 Å². The highest BCUT2D eigenvalue weighted by atomic mass is 32.2. The van der Waals surface area contributed by atoms with Crippen LogP contribution in [0.5, 0.6) is 0 Å². The summed E-state index contributed by atoms with van der Waals surface area (Å²) in [4.78, 5) is 17.1. The Labute approximate surface area is 198 Å². The van der Waals surface area contributed by atoms with Crippen molar-refractivity contribution in [3.05, 3.63) is 78.4 Å². The van der Waals surface area contributed by atoms with Crippen molar-refractivity contribution < 1.29 is 4.79 Å². The van der Waals surface area contributed by atoms with Crippen LogP contribution in [0.25, 0.3) is 32.2 Å². The highest BCUT2D eigenvalue weighted by Crippen LogP contribution is 2.31. The second kappa shape index (κ2) is 9.05. The maximum absolute atomic E-state index is 12.4. The average molecular weight is 473 g/mol. The number of nitrogens with two attached hydrogens (primary N) is 1. The number of carbonyl (C=O) groups is 1. The zero-order chi connectivity index (χ0) is 22.8. The molecule has 3 N–H and O–H groups in total. The van der Waals surface area contributed by atoms with E-state index in [2.05, 4.69) is 34.6 Å². The van der Waals surface area contributed by atoms with E-state index >= 15 is 0 Å². The van der Waals surface area contributed by atoms with Crippen LogP contribution in [0.3, 0.4) is 0 Å². The molecule has 0 saturated heterocycles. The van der Waals surface area contributed by atoms with Gasteiger partial charge in [-0.1, -0.05) is 48.2 Å². The van der Waals surface area contributed by atoms with Crippen LogP contribution in [-0.4, -0.2) is 31.5 Å². The van der Waals surface area contributed by atoms with Gasteiger partial charge in [0.25, 0.3) is 0 Å². The molecule has 0 aliphatic rings. The molecule has 5 aromatic rings. The SMILES string of the molecule is Cc1ccc2nc(-c3ccc(NC(=O)CSc4nnc(-c5ccccc5)n4N)cc3)sc2c1. The van der Waals surface area contributed by atoms with E-state index in [9.17, 15) is 4.79 Å². The number of nitrogens with zero attached hydrogens (tertiary/aromatic N) is 4. The molecule has 164 valence electrons. The Morgan fingerprint density at radius 3 is 2.61 bits per heavy atom. The lowest BCUT2D eigenvalue weighted by Crippen LogP contribution is -2.16. The Kier molecular flexibility index (Phi) is 5.80. The molecule has 33 heavy (non-hydrogen) atoms. The summed E-state index contributed by atoms with van der Waals surface area (Å²) in [6.07, 6.45) is 0. The molecule has 9 heteroatoms. The zero-order valence-electron chi connectivity index (χ0n) is 17.7. The van der Waals surface area contributed by atoms with E-state index in [4.69, 9.17) is 10.8 Å². The predicted octanol–water partition coefficient (Wildman–Crippen LogP) is 4.97. The van der Waals surface area contributed by atoms with Crippen molar-refractivity contribution in [1.82, 2.24) is 19.9 Å². The van der Waals surface area contributed by atoms with Crippen LogP contribution in [0.1, 0.15) is 5.56 Å². The quantitative estimate of drug-likeness (QED) is 0.267. The van der Waals surface area contributed by atoms with Crippen molar-refractivity contribution in [2.75, 3.05) is 16.9 Å². The van der Waals surface area contributed by atoms with E-state index < -0.39 is 0 Å². The normalized spacial score (nSPS) is 11.1. The van der Waals surface area contributed by atoms with Gasteiger partial charge in [0, 0.05) is 16.8 Å². The summed E-state index contributed by atoms with van der Waals surface area (Å²) in [5.74, 6) is 6.70. The minimum atomic E-state index is -0.146. The highest BCUT2D eigenvalue weighted by Gasteiger charge is 2.14. The number of carbonyl (C=O) groups excluding carboxylic acids is 1. The minimum absolute atomic E-state index is 0.146. The second-order valence-corrected chi connectivity index (χ2v) is 9.42. The van der Waals surface area contributed by atoms with E-state index in [1.807, 2.05) is 60.7 Å². The van der Waals surface area contributed by atoms with Crippen molar-refractivity contribution in [2.24, 2.45) is 0 Å². The number of thiazole rings is 1. The molecule has 5 rings (SSSR count). The number of nitrogens with one attached hydrogen (secondary N) is 1. The van der Waals surface area contributed by atoms with Crippen LogP contribution in [0.2, 0.25) is 0 Å². The number of thioether (sulfide) groups is 1. The summed E-state index contributed by atoms with van der Waals surface area (Å²) in [6, 6.07) is 23.5. The number of hydrogen-bond donors (Lipinski definition) is 2. The highest BCUT2D eigenvalue weighted by molar-refractivity contribution is 7.99. The topological polar surface area (TPSA) is 98.7 Å². The molecule has 1 amide bonds. The van der Waals surface area contributed by atoms with Gasteiger partial charge >= 0.3 is 0 Å². The van der Waals surface area contributed by atoms with Crippen molar-refractivity contribution in [3.8, 4) is 22.0 Å². The van der Waals surface area contributed by atoms with Gasteiger partial charge < -0.3 is 11.2 Å². The average Bonchev–Trinajstić information content (AvgIpc) is 3.41. The molecule has 0 aliphatic carbocycles. The summed E-state index contributed by atoms with van der Waals surface area (Å²) < 4.78 is 2.57. The third-order valence-corrected chi connectivity index (χ3v) is 7.00. The maximum Gasteiger partial charge on any atom is 0.234 e. The molecule has 0 saturated carbocycles. The van der Waals surface area contributed by atoms with E-state index in [0.29, 0.717) is 11.0 Å². The number of aryl methyl sites for hydroxylation is 1. The number of nitrogen functional groups attached to an aromatic ring is 1. The van der Waals surface area contributed by atoms with E-state index in [-0.39, 0.29) is 11.7 Å². The molecule has 0 atom stereocenters. The lowest BCUT2D eigenvalue weighted by molar-refractivity contribution is -0.113. The fourth-order valence-electron chi connectivity index (χ4n) is 3.34. The molecule has 2 heterocycles. The molecular weight excluding hydrogens is 452 g/mol. The third kappa shape index (κ3) is 4.59. The Balaban J connectivity index is 1.21. The number of anilines is 1. The fourth-order valence-corrected chi connectivity index (χ4v) is 5.06. The number of fused-ring (bicyclic) bond motifs is 1. The van der Waals surface area contributed by atoms with E-state index in [0.717, 1.165) is 27.3 Å². The van der Waals surface area contributed by atoms with Crippen LogP contribution in [0.15, 0.2) is 78.0 Å². The monoisotopic (exact) mass is 472 g/mol. The van der Waals surface area contributed by atoms with Crippen LogP contribution >= 0.6 is 23.1 Å². The van der Waals surface area contributed by atoms with Gasteiger partial charge in [-0.3, -0.25) is 4.79 Å². The predicted molar refractivity (Wildman–Crippen MR) is 135 cm³/mol. The summed E-state index contributed by atoms with van der Waals surface area (Å²) in [5.41, 5.74) is 4.83.